The smallest absolute Gasteiger partial charge is 0.198 e. The van der Waals surface area contributed by atoms with Gasteiger partial charge in [0, 0.05) is 16.6 Å². The Morgan fingerprint density at radius 1 is 1.00 bits per heavy atom. The fraction of sp³-hybridized carbons (Fsp3) is 0.375. The van der Waals surface area contributed by atoms with Crippen LogP contribution in [0.15, 0.2) is 53.3 Å². The highest BCUT2D eigenvalue weighted by atomic mass is 16.5. The SMILES string of the molecule is Cc1[nH]c2ccc(OCc3ccccc3)cc2c(=O)c1C[NH+]1CCCCCC1. The maximum atomic E-state index is 13.2. The van der Waals surface area contributed by atoms with Crippen molar-refractivity contribution in [2.45, 2.75) is 45.8 Å². The first-order valence-corrected chi connectivity index (χ1v) is 10.4. The molecule has 3 aromatic rings. The quantitative estimate of drug-likeness (QED) is 0.716. The molecule has 0 amide bonds. The van der Waals surface area contributed by atoms with Crippen molar-refractivity contribution in [1.82, 2.24) is 4.98 Å². The van der Waals surface area contributed by atoms with E-state index in [1.54, 1.807) is 0 Å². The molecule has 2 heterocycles. The molecule has 1 aliphatic rings. The summed E-state index contributed by atoms with van der Waals surface area (Å²) in [6.07, 6.45) is 5.16. The summed E-state index contributed by atoms with van der Waals surface area (Å²) in [5.41, 5.74) is 4.06. The first kappa shape index (κ1) is 18.8. The third kappa shape index (κ3) is 4.28. The van der Waals surface area contributed by atoms with Gasteiger partial charge in [0.2, 0.25) is 0 Å². The normalized spacial score (nSPS) is 15.5. The van der Waals surface area contributed by atoms with E-state index in [0.717, 1.165) is 53.1 Å². The predicted molar refractivity (Wildman–Crippen MR) is 113 cm³/mol. The molecular formula is C24H29N2O2+. The third-order valence-electron chi connectivity index (χ3n) is 5.77. The zero-order valence-corrected chi connectivity index (χ0v) is 16.6. The minimum atomic E-state index is 0.146. The van der Waals surface area contributed by atoms with E-state index in [1.807, 2.05) is 55.5 Å². The highest BCUT2D eigenvalue weighted by Gasteiger charge is 2.18. The van der Waals surface area contributed by atoms with Gasteiger partial charge in [0.25, 0.3) is 0 Å². The number of quaternary nitrogens is 1. The van der Waals surface area contributed by atoms with Gasteiger partial charge in [-0.2, -0.15) is 0 Å². The summed E-state index contributed by atoms with van der Waals surface area (Å²) in [5, 5.41) is 0.723. The van der Waals surface area contributed by atoms with Crippen molar-refractivity contribution >= 4 is 10.9 Å². The Labute approximate surface area is 166 Å². The number of benzene rings is 2. The lowest BCUT2D eigenvalue weighted by molar-refractivity contribution is -0.913. The van der Waals surface area contributed by atoms with E-state index >= 15 is 0 Å². The number of hydrogen-bond acceptors (Lipinski definition) is 2. The molecule has 2 aromatic carbocycles. The lowest BCUT2D eigenvalue weighted by Gasteiger charge is -2.18. The van der Waals surface area contributed by atoms with Gasteiger partial charge in [-0.05, 0) is 56.4 Å². The molecule has 1 aromatic heterocycles. The van der Waals surface area contributed by atoms with Crippen LogP contribution in [0.3, 0.4) is 0 Å². The zero-order valence-electron chi connectivity index (χ0n) is 16.6. The molecule has 0 atom stereocenters. The van der Waals surface area contributed by atoms with Crippen molar-refractivity contribution in [1.29, 1.82) is 0 Å². The number of likely N-dealkylation sites (tertiary alicyclic amines) is 1. The average Bonchev–Trinajstić information content (AvgIpc) is 2.99. The fourth-order valence-corrected chi connectivity index (χ4v) is 4.13. The predicted octanol–water partition coefficient (Wildman–Crippen LogP) is 3.37. The van der Waals surface area contributed by atoms with Crippen molar-refractivity contribution < 1.29 is 9.64 Å². The van der Waals surface area contributed by atoms with Crippen LogP contribution in [0.25, 0.3) is 10.9 Å². The third-order valence-corrected chi connectivity index (χ3v) is 5.77. The summed E-state index contributed by atoms with van der Waals surface area (Å²) >= 11 is 0. The average molecular weight is 378 g/mol. The Kier molecular flexibility index (Phi) is 5.77. The fourth-order valence-electron chi connectivity index (χ4n) is 4.13. The van der Waals surface area contributed by atoms with Crippen molar-refractivity contribution in [2.75, 3.05) is 13.1 Å². The van der Waals surface area contributed by atoms with Crippen LogP contribution in [0.5, 0.6) is 5.75 Å². The molecule has 0 radical (unpaired) electrons. The maximum absolute atomic E-state index is 13.2. The Morgan fingerprint density at radius 3 is 2.50 bits per heavy atom. The molecule has 4 nitrogen and oxygen atoms in total. The Hall–Kier alpha value is -2.59. The number of rotatable bonds is 5. The molecule has 0 unspecified atom stereocenters. The molecular weight excluding hydrogens is 348 g/mol. The number of hydrogen-bond donors (Lipinski definition) is 2. The molecule has 0 aliphatic carbocycles. The van der Waals surface area contributed by atoms with Crippen LogP contribution in [0.2, 0.25) is 0 Å². The highest BCUT2D eigenvalue weighted by Crippen LogP contribution is 2.19. The minimum absolute atomic E-state index is 0.146. The van der Waals surface area contributed by atoms with Gasteiger partial charge < -0.3 is 14.6 Å². The summed E-state index contributed by atoms with van der Waals surface area (Å²) in [7, 11) is 0. The summed E-state index contributed by atoms with van der Waals surface area (Å²) in [4.78, 5) is 18.2. The lowest BCUT2D eigenvalue weighted by atomic mass is 10.1. The van der Waals surface area contributed by atoms with Crippen LogP contribution >= 0.6 is 0 Å². The van der Waals surface area contributed by atoms with Crippen molar-refractivity contribution in [3.05, 3.63) is 75.6 Å². The number of pyridine rings is 1. The van der Waals surface area contributed by atoms with Gasteiger partial charge in [-0.25, -0.2) is 0 Å². The Bertz CT molecular complexity index is 987. The summed E-state index contributed by atoms with van der Waals surface area (Å²) < 4.78 is 5.93. The van der Waals surface area contributed by atoms with E-state index in [2.05, 4.69) is 4.98 Å². The molecule has 146 valence electrons. The van der Waals surface area contributed by atoms with Crippen LogP contribution in [0.4, 0.5) is 0 Å². The van der Waals surface area contributed by atoms with Crippen LogP contribution in [0.1, 0.15) is 42.5 Å². The van der Waals surface area contributed by atoms with Crippen molar-refractivity contribution in [3.63, 3.8) is 0 Å². The van der Waals surface area contributed by atoms with Gasteiger partial charge >= 0.3 is 0 Å². The number of aryl methyl sites for hydroxylation is 1. The molecule has 4 rings (SSSR count). The highest BCUT2D eigenvalue weighted by molar-refractivity contribution is 5.81. The van der Waals surface area contributed by atoms with E-state index < -0.39 is 0 Å². The number of aromatic nitrogens is 1. The number of fused-ring (bicyclic) bond motifs is 1. The standard InChI is InChI=1S/C24H28N2O2/c1-18-22(16-26-13-7-2-3-8-14-26)24(27)21-15-20(11-12-23(21)25-18)28-17-19-9-5-4-6-10-19/h4-6,9-12,15H,2-3,7-8,13-14,16-17H2,1H3,(H,25,27)/p+1. The molecule has 28 heavy (non-hydrogen) atoms. The largest absolute Gasteiger partial charge is 0.489 e. The molecule has 1 saturated heterocycles. The summed E-state index contributed by atoms with van der Waals surface area (Å²) in [6.45, 7) is 5.66. The monoisotopic (exact) mass is 377 g/mol. The second-order valence-electron chi connectivity index (χ2n) is 7.88. The lowest BCUT2D eigenvalue weighted by Crippen LogP contribution is -3.10. The van der Waals surface area contributed by atoms with Crippen LogP contribution in [-0.2, 0) is 13.2 Å². The topological polar surface area (TPSA) is 46.5 Å². The van der Waals surface area contributed by atoms with Gasteiger partial charge in [-0.3, -0.25) is 4.79 Å². The molecule has 0 saturated carbocycles. The Balaban J connectivity index is 1.59. The second-order valence-corrected chi connectivity index (χ2v) is 7.88. The number of ether oxygens (including phenoxy) is 1. The molecule has 0 spiro atoms. The van der Waals surface area contributed by atoms with E-state index in [-0.39, 0.29) is 5.43 Å². The number of H-pyrrole nitrogens is 1. The van der Waals surface area contributed by atoms with Gasteiger partial charge in [0.1, 0.15) is 18.9 Å². The molecule has 1 aliphatic heterocycles. The molecule has 4 heteroatoms. The van der Waals surface area contributed by atoms with Gasteiger partial charge in [-0.1, -0.05) is 30.3 Å². The first-order chi connectivity index (χ1) is 13.7. The summed E-state index contributed by atoms with van der Waals surface area (Å²) in [6, 6.07) is 15.9. The Morgan fingerprint density at radius 2 is 1.75 bits per heavy atom. The van der Waals surface area contributed by atoms with E-state index in [0.29, 0.717) is 6.61 Å². The molecule has 2 N–H and O–H groups in total. The van der Waals surface area contributed by atoms with E-state index in [9.17, 15) is 4.79 Å². The maximum Gasteiger partial charge on any atom is 0.198 e. The molecule has 1 fully saturated rings. The minimum Gasteiger partial charge on any atom is -0.489 e. The van der Waals surface area contributed by atoms with Crippen molar-refractivity contribution in [3.8, 4) is 5.75 Å². The van der Waals surface area contributed by atoms with Crippen LogP contribution in [-0.4, -0.2) is 18.1 Å². The van der Waals surface area contributed by atoms with Crippen molar-refractivity contribution in [2.24, 2.45) is 0 Å². The van der Waals surface area contributed by atoms with Gasteiger partial charge in [0.05, 0.1) is 18.7 Å². The second kappa shape index (κ2) is 8.61. The van der Waals surface area contributed by atoms with Gasteiger partial charge in [0.15, 0.2) is 5.43 Å². The zero-order chi connectivity index (χ0) is 19.3. The summed E-state index contributed by atoms with van der Waals surface area (Å²) in [5.74, 6) is 0.735. The van der Waals surface area contributed by atoms with Gasteiger partial charge in [-0.15, -0.1) is 0 Å². The molecule has 0 bridgehead atoms. The van der Waals surface area contributed by atoms with E-state index in [1.165, 1.54) is 30.6 Å². The van der Waals surface area contributed by atoms with Crippen LogP contribution in [0, 0.1) is 6.92 Å². The number of nitrogens with one attached hydrogen (secondary N) is 2. The van der Waals surface area contributed by atoms with Crippen LogP contribution < -0.4 is 15.1 Å². The first-order valence-electron chi connectivity index (χ1n) is 10.4. The number of aromatic amines is 1. The van der Waals surface area contributed by atoms with E-state index in [4.69, 9.17) is 4.74 Å².